The number of likely N-dealkylation sites (N-methyl/N-ethyl adjacent to an activating group) is 2. The molecule has 0 saturated carbocycles. The Bertz CT molecular complexity index is 469. The van der Waals surface area contributed by atoms with Crippen molar-refractivity contribution in [3.05, 3.63) is 12.1 Å². The molecule has 0 aromatic carbocycles. The Balaban J connectivity index is 2.86. The average Bonchev–Trinajstić information content (AvgIpc) is 2.30. The zero-order chi connectivity index (χ0) is 15.3. The van der Waals surface area contributed by atoms with Crippen LogP contribution >= 0.6 is 0 Å². The van der Waals surface area contributed by atoms with Crippen LogP contribution in [0.2, 0.25) is 0 Å². The van der Waals surface area contributed by atoms with E-state index in [0.29, 0.717) is 23.9 Å². The number of nitrogens with two attached hydrogens (primary N) is 1. The summed E-state index contributed by atoms with van der Waals surface area (Å²) in [4.78, 5) is 17.7. The van der Waals surface area contributed by atoms with Gasteiger partial charge in [-0.25, -0.2) is 0 Å². The molecule has 0 aliphatic rings. The molecule has 112 valence electrons. The number of hydrogen-bond donors (Lipinski definition) is 2. The predicted octanol–water partition coefficient (Wildman–Crippen LogP) is 1.41. The molecule has 1 aromatic rings. The maximum Gasteiger partial charge on any atom is 0.239 e. The maximum atomic E-state index is 11.6. The zero-order valence-electron chi connectivity index (χ0n) is 12.9. The molecule has 0 aliphatic carbocycles. The van der Waals surface area contributed by atoms with Crippen LogP contribution < -0.4 is 20.7 Å². The summed E-state index contributed by atoms with van der Waals surface area (Å²) in [6.45, 7) is 8.52. The molecular weight excluding hydrogens is 256 g/mol. The van der Waals surface area contributed by atoms with Crippen LogP contribution in [0.3, 0.4) is 0 Å². The van der Waals surface area contributed by atoms with Crippen LogP contribution in [-0.4, -0.2) is 36.6 Å². The molecule has 20 heavy (non-hydrogen) atoms. The Morgan fingerprint density at radius 3 is 2.65 bits per heavy atom. The van der Waals surface area contributed by atoms with E-state index in [4.69, 9.17) is 10.5 Å². The average molecular weight is 280 g/mol. The summed E-state index contributed by atoms with van der Waals surface area (Å²) < 4.78 is 5.71. The van der Waals surface area contributed by atoms with E-state index in [9.17, 15) is 4.79 Å². The van der Waals surface area contributed by atoms with E-state index >= 15 is 0 Å². The van der Waals surface area contributed by atoms with Gasteiger partial charge >= 0.3 is 0 Å². The van der Waals surface area contributed by atoms with Crippen molar-refractivity contribution in [2.75, 3.05) is 30.8 Å². The standard InChI is InChI=1S/C14H24N4O2/c1-6-16-12(19)9-18(5)11-8-7-10(15)13(17-11)20-14(2,3)4/h7-8H,6,9,15H2,1-5H3,(H,16,19). The number of ether oxygens (including phenoxy) is 1. The number of pyridine rings is 1. The van der Waals surface area contributed by atoms with E-state index in [0.717, 1.165) is 0 Å². The van der Waals surface area contributed by atoms with Crippen LogP contribution in [0, 0.1) is 0 Å². The van der Waals surface area contributed by atoms with Gasteiger partial charge in [-0.15, -0.1) is 0 Å². The Kier molecular flexibility index (Phi) is 5.19. The van der Waals surface area contributed by atoms with Crippen molar-refractivity contribution in [1.29, 1.82) is 0 Å². The number of amides is 1. The number of aromatic nitrogens is 1. The van der Waals surface area contributed by atoms with Crippen molar-refractivity contribution in [2.24, 2.45) is 0 Å². The minimum atomic E-state index is -0.377. The summed E-state index contributed by atoms with van der Waals surface area (Å²) in [5.41, 5.74) is 5.96. The second-order valence-corrected chi connectivity index (χ2v) is 5.59. The smallest absolute Gasteiger partial charge is 0.239 e. The van der Waals surface area contributed by atoms with Gasteiger partial charge < -0.3 is 20.7 Å². The largest absolute Gasteiger partial charge is 0.470 e. The van der Waals surface area contributed by atoms with E-state index in [1.54, 1.807) is 24.1 Å². The SMILES string of the molecule is CCNC(=O)CN(C)c1ccc(N)c(OC(C)(C)C)n1. The van der Waals surface area contributed by atoms with Crippen LogP contribution in [0.25, 0.3) is 0 Å². The molecule has 0 spiro atoms. The van der Waals surface area contributed by atoms with Gasteiger partial charge in [-0.3, -0.25) is 4.79 Å². The van der Waals surface area contributed by atoms with Gasteiger partial charge in [0, 0.05) is 13.6 Å². The highest BCUT2D eigenvalue weighted by Gasteiger charge is 2.17. The Morgan fingerprint density at radius 2 is 2.10 bits per heavy atom. The number of carbonyl (C=O) groups is 1. The molecule has 0 fully saturated rings. The molecule has 1 amide bonds. The normalized spacial score (nSPS) is 11.1. The van der Waals surface area contributed by atoms with Gasteiger partial charge in [-0.1, -0.05) is 0 Å². The summed E-state index contributed by atoms with van der Waals surface area (Å²) >= 11 is 0. The fourth-order valence-electron chi connectivity index (χ4n) is 1.58. The zero-order valence-corrected chi connectivity index (χ0v) is 12.9. The quantitative estimate of drug-likeness (QED) is 0.852. The van der Waals surface area contributed by atoms with E-state index in [1.165, 1.54) is 0 Å². The van der Waals surface area contributed by atoms with Crippen molar-refractivity contribution < 1.29 is 9.53 Å². The summed E-state index contributed by atoms with van der Waals surface area (Å²) in [5.74, 6) is 0.981. The fraction of sp³-hybridized carbons (Fsp3) is 0.571. The minimum absolute atomic E-state index is 0.0492. The Labute approximate surface area is 120 Å². The fourth-order valence-corrected chi connectivity index (χ4v) is 1.58. The summed E-state index contributed by atoms with van der Waals surface area (Å²) in [6, 6.07) is 3.50. The Morgan fingerprint density at radius 1 is 1.45 bits per heavy atom. The molecule has 0 saturated heterocycles. The molecule has 6 nitrogen and oxygen atoms in total. The third-order valence-electron chi connectivity index (χ3n) is 2.42. The molecule has 6 heteroatoms. The molecule has 0 radical (unpaired) electrons. The summed E-state index contributed by atoms with van der Waals surface area (Å²) in [7, 11) is 1.80. The third kappa shape index (κ3) is 4.95. The molecule has 0 atom stereocenters. The summed E-state index contributed by atoms with van der Waals surface area (Å²) in [6.07, 6.45) is 0. The molecule has 1 aromatic heterocycles. The number of anilines is 2. The van der Waals surface area contributed by atoms with E-state index < -0.39 is 0 Å². The summed E-state index contributed by atoms with van der Waals surface area (Å²) in [5, 5.41) is 2.75. The van der Waals surface area contributed by atoms with Crippen molar-refractivity contribution in [2.45, 2.75) is 33.3 Å². The predicted molar refractivity (Wildman–Crippen MR) is 81.0 cm³/mol. The number of nitrogens with zero attached hydrogens (tertiary/aromatic N) is 2. The second kappa shape index (κ2) is 6.45. The van der Waals surface area contributed by atoms with Gasteiger partial charge in [-0.2, -0.15) is 4.98 Å². The molecule has 1 heterocycles. The van der Waals surface area contributed by atoms with Crippen molar-refractivity contribution in [1.82, 2.24) is 10.3 Å². The molecule has 3 N–H and O–H groups in total. The lowest BCUT2D eigenvalue weighted by Crippen LogP contribution is -2.35. The van der Waals surface area contributed by atoms with Crippen molar-refractivity contribution >= 4 is 17.4 Å². The van der Waals surface area contributed by atoms with Gasteiger partial charge in [0.25, 0.3) is 0 Å². The Hall–Kier alpha value is -1.98. The lowest BCUT2D eigenvalue weighted by atomic mass is 10.2. The van der Waals surface area contributed by atoms with Crippen LogP contribution in [0.5, 0.6) is 5.88 Å². The number of nitrogen functional groups attached to an aromatic ring is 1. The van der Waals surface area contributed by atoms with Crippen LogP contribution in [-0.2, 0) is 4.79 Å². The molecule has 1 rings (SSSR count). The maximum absolute atomic E-state index is 11.6. The van der Waals surface area contributed by atoms with Gasteiger partial charge in [0.1, 0.15) is 11.4 Å². The molecule has 0 bridgehead atoms. The first-order valence-corrected chi connectivity index (χ1v) is 6.66. The minimum Gasteiger partial charge on any atom is -0.470 e. The lowest BCUT2D eigenvalue weighted by Gasteiger charge is -2.23. The molecule has 0 aliphatic heterocycles. The topological polar surface area (TPSA) is 80.5 Å². The monoisotopic (exact) mass is 280 g/mol. The molecule has 0 unspecified atom stereocenters. The van der Waals surface area contributed by atoms with Crippen LogP contribution in [0.15, 0.2) is 12.1 Å². The van der Waals surface area contributed by atoms with Crippen LogP contribution in [0.4, 0.5) is 11.5 Å². The number of nitrogens with one attached hydrogen (secondary N) is 1. The van der Waals surface area contributed by atoms with Crippen molar-refractivity contribution in [3.63, 3.8) is 0 Å². The van der Waals surface area contributed by atoms with Gasteiger partial charge in [0.15, 0.2) is 0 Å². The lowest BCUT2D eigenvalue weighted by molar-refractivity contribution is -0.119. The number of hydrogen-bond acceptors (Lipinski definition) is 5. The molecular formula is C14H24N4O2. The third-order valence-corrected chi connectivity index (χ3v) is 2.42. The second-order valence-electron chi connectivity index (χ2n) is 5.59. The van der Waals surface area contributed by atoms with E-state index in [1.807, 2.05) is 27.7 Å². The highest BCUT2D eigenvalue weighted by Crippen LogP contribution is 2.25. The number of rotatable bonds is 5. The van der Waals surface area contributed by atoms with E-state index in [-0.39, 0.29) is 18.1 Å². The highest BCUT2D eigenvalue weighted by molar-refractivity contribution is 5.80. The highest BCUT2D eigenvalue weighted by atomic mass is 16.5. The van der Waals surface area contributed by atoms with Gasteiger partial charge in [-0.05, 0) is 39.8 Å². The first kappa shape index (κ1) is 16.1. The number of carbonyl (C=O) groups excluding carboxylic acids is 1. The van der Waals surface area contributed by atoms with Gasteiger partial charge in [0.2, 0.25) is 11.8 Å². The van der Waals surface area contributed by atoms with Gasteiger partial charge in [0.05, 0.1) is 12.2 Å². The van der Waals surface area contributed by atoms with Crippen molar-refractivity contribution in [3.8, 4) is 5.88 Å². The van der Waals surface area contributed by atoms with Crippen LogP contribution in [0.1, 0.15) is 27.7 Å². The first-order valence-electron chi connectivity index (χ1n) is 6.66. The van der Waals surface area contributed by atoms with E-state index in [2.05, 4.69) is 10.3 Å². The first-order chi connectivity index (χ1) is 9.23.